The van der Waals surface area contributed by atoms with Gasteiger partial charge in [0.15, 0.2) is 55.5 Å². The summed E-state index contributed by atoms with van der Waals surface area (Å²) in [5.41, 5.74) is 2.24. The second-order valence-corrected chi connectivity index (χ2v) is 30.0. The van der Waals surface area contributed by atoms with Gasteiger partial charge in [-0.15, -0.1) is 0 Å². The summed E-state index contributed by atoms with van der Waals surface area (Å²) >= 11 is 0. The molecule has 0 aliphatic carbocycles. The van der Waals surface area contributed by atoms with E-state index in [1.165, 1.54) is 41.5 Å². The maximum absolute atomic E-state index is 14.9. The number of carbonyl (C=O) groups is 15. The van der Waals surface area contributed by atoms with Crippen molar-refractivity contribution >= 4 is 89.2 Å². The van der Waals surface area contributed by atoms with Gasteiger partial charge in [-0.25, -0.2) is 0 Å². The molecule has 5 N–H and O–H groups in total. The van der Waals surface area contributed by atoms with Crippen molar-refractivity contribution in [2.75, 3.05) is 65.8 Å². The summed E-state index contributed by atoms with van der Waals surface area (Å²) in [5, 5.41) is 14.1. The van der Waals surface area contributed by atoms with E-state index in [2.05, 4.69) is 63.0 Å². The molecule has 36 nitrogen and oxygen atoms in total. The van der Waals surface area contributed by atoms with Gasteiger partial charge in [-0.1, -0.05) is 91.0 Å². The molecule has 16 unspecified atom stereocenters. The van der Waals surface area contributed by atoms with Crippen molar-refractivity contribution in [3.8, 4) is 0 Å². The summed E-state index contributed by atoms with van der Waals surface area (Å²) in [4.78, 5) is 192. The SMILES string of the molecule is CC(=O)NC1C(OCCCCC(=O)NCCCC(CCCN(CCCNC(=O)CCCCOC2OC(COC(C)=O)C(OC(C)=O)C(OC(C)=O)C2NC(C)=O)C(=O)CCCCOC2OC(COC(C)=O)C(OC(C)=O)C(OC(C)=O)C2NC(C)=O)C(c2ccccc2)(c2ccccc2)c2ccccc2)OC(COC(C)=O)C(OC(C)=O)C1OC(C)=O. The molecule has 3 fully saturated rings. The van der Waals surface area contributed by atoms with Crippen molar-refractivity contribution in [1.29, 1.82) is 0 Å². The Morgan fingerprint density at radius 1 is 0.344 bits per heavy atom. The fraction of sp³-hybridized carbons (Fsp3) is 0.616. The fourth-order valence-electron chi connectivity index (χ4n) is 15.2. The zero-order chi connectivity index (χ0) is 89.4. The Bertz CT molecular complexity index is 3820. The first-order valence-corrected chi connectivity index (χ1v) is 41.2. The zero-order valence-electron chi connectivity index (χ0n) is 71.6. The van der Waals surface area contributed by atoms with E-state index >= 15 is 0 Å². The van der Waals surface area contributed by atoms with Crippen LogP contribution in [0.4, 0.5) is 0 Å². The van der Waals surface area contributed by atoms with E-state index in [0.717, 1.165) is 58.2 Å². The van der Waals surface area contributed by atoms with Gasteiger partial charge in [-0.2, -0.15) is 0 Å². The summed E-state index contributed by atoms with van der Waals surface area (Å²) < 4.78 is 85.9. The lowest BCUT2D eigenvalue weighted by Gasteiger charge is -2.44. The molecule has 3 aliphatic heterocycles. The number of esters is 9. The second-order valence-electron chi connectivity index (χ2n) is 30.0. The molecular weight excluding hydrogens is 1600 g/mol. The quantitative estimate of drug-likeness (QED) is 0.0210. The third-order valence-electron chi connectivity index (χ3n) is 20.1. The van der Waals surface area contributed by atoms with Crippen LogP contribution in [0.2, 0.25) is 0 Å². The number of hydrogen-bond donors (Lipinski definition) is 5. The molecular formula is C86H120N6O30. The van der Waals surface area contributed by atoms with Gasteiger partial charge in [0.05, 0.1) is 0 Å². The second kappa shape index (κ2) is 52.1. The number of rotatable bonds is 49. The topological polar surface area (TPSA) is 458 Å². The first kappa shape index (κ1) is 100. The first-order chi connectivity index (χ1) is 58.2. The molecule has 0 radical (unpaired) electrons. The summed E-state index contributed by atoms with van der Waals surface area (Å²) in [6.45, 7) is 13.6. The molecule has 6 rings (SSSR count). The number of carbonyl (C=O) groups excluding carboxylic acids is 15. The summed E-state index contributed by atoms with van der Waals surface area (Å²) in [6, 6.07) is 26.9. The molecule has 0 spiro atoms. The standard InChI is InChI=1S/C86H120N6O30/c1-52(93)89-74-80(117-61(10)102)77(114-58(7)99)68(49-111-55(4)96)120-83(74)108-46-25-22-39-71(105)87-42-28-37-67(86(64-31-16-13-17-32-64,65-33-18-14-19-34-65)66-35-20-15-21-36-66)38-29-44-92(73(107)41-24-27-48-110-85-76(91-54(3)95)82(119-63(12)104)79(116-60(9)101)70(122-85)51-113-57(6)98)45-30-43-88-72(106)40-23-26-47-109-84-75(90-53(2)94)81(118-62(11)103)78(115-59(8)100)69(121-84)50-112-56(5)97/h13-21,31-36,67-70,74-85H,22-30,37-51H2,1-12H3,(H,87,105)(H,88,106)(H,89,93)(H,90,94)(H,91,95). The molecule has 3 aliphatic rings. The maximum atomic E-state index is 14.9. The van der Waals surface area contributed by atoms with Crippen LogP contribution < -0.4 is 26.6 Å². The number of nitrogens with zero attached hydrogens (tertiary/aromatic N) is 1. The van der Waals surface area contributed by atoms with Crippen LogP contribution in [0.5, 0.6) is 0 Å². The van der Waals surface area contributed by atoms with Crippen molar-refractivity contribution in [3.05, 3.63) is 108 Å². The van der Waals surface area contributed by atoms with Crippen LogP contribution in [0.15, 0.2) is 91.0 Å². The minimum absolute atomic E-state index is 0.00213. The number of nitrogens with one attached hydrogen (secondary N) is 5. The van der Waals surface area contributed by atoms with Gasteiger partial charge < -0.3 is 103 Å². The number of hydrogen-bond acceptors (Lipinski definition) is 30. The maximum Gasteiger partial charge on any atom is 0.303 e. The fourth-order valence-corrected chi connectivity index (χ4v) is 15.2. The minimum Gasteiger partial charge on any atom is -0.463 e. The molecule has 3 aromatic rings. The van der Waals surface area contributed by atoms with Crippen LogP contribution in [0, 0.1) is 5.92 Å². The number of ether oxygens (including phenoxy) is 15. The highest BCUT2D eigenvalue weighted by atomic mass is 16.7. The highest BCUT2D eigenvalue weighted by molar-refractivity contribution is 5.78. The lowest BCUT2D eigenvalue weighted by atomic mass is 9.59. The van der Waals surface area contributed by atoms with E-state index in [-0.39, 0.29) is 95.2 Å². The third-order valence-corrected chi connectivity index (χ3v) is 20.1. The Morgan fingerprint density at radius 2 is 0.631 bits per heavy atom. The van der Waals surface area contributed by atoms with Crippen LogP contribution >= 0.6 is 0 Å². The van der Waals surface area contributed by atoms with Crippen LogP contribution in [0.3, 0.4) is 0 Å². The largest absolute Gasteiger partial charge is 0.463 e. The highest BCUT2D eigenvalue weighted by Gasteiger charge is 2.55. The number of benzene rings is 3. The molecule has 122 heavy (non-hydrogen) atoms. The van der Waals surface area contributed by atoms with Crippen LogP contribution in [0.25, 0.3) is 0 Å². The van der Waals surface area contributed by atoms with Gasteiger partial charge >= 0.3 is 53.7 Å². The molecule has 6 amide bonds. The monoisotopic (exact) mass is 1720 g/mol. The zero-order valence-corrected chi connectivity index (χ0v) is 71.6. The van der Waals surface area contributed by atoms with Crippen molar-refractivity contribution in [2.24, 2.45) is 5.92 Å². The Kier molecular flexibility index (Phi) is 42.8. The van der Waals surface area contributed by atoms with Crippen LogP contribution in [0.1, 0.15) is 190 Å². The van der Waals surface area contributed by atoms with Gasteiger partial charge in [0.2, 0.25) is 35.4 Å². The Balaban J connectivity index is 1.20. The molecule has 674 valence electrons. The van der Waals surface area contributed by atoms with Gasteiger partial charge in [-0.05, 0) is 93.2 Å². The summed E-state index contributed by atoms with van der Waals surface area (Å²) in [6.07, 6.45) is -11.0. The lowest BCUT2D eigenvalue weighted by molar-refractivity contribution is -0.277. The summed E-state index contributed by atoms with van der Waals surface area (Å²) in [5.74, 6) is -9.21. The Labute approximate surface area is 710 Å². The van der Waals surface area contributed by atoms with Crippen LogP contribution in [-0.4, -0.2) is 252 Å². The van der Waals surface area contributed by atoms with Crippen molar-refractivity contribution in [2.45, 2.75) is 270 Å². The van der Waals surface area contributed by atoms with Crippen LogP contribution in [-0.2, 0) is 148 Å². The average Bonchev–Trinajstić information content (AvgIpc) is 0.738. The van der Waals surface area contributed by atoms with Crippen molar-refractivity contribution in [3.63, 3.8) is 0 Å². The van der Waals surface area contributed by atoms with E-state index < -0.39 is 189 Å². The predicted molar refractivity (Wildman–Crippen MR) is 430 cm³/mol. The number of unbranched alkanes of at least 4 members (excludes halogenated alkanes) is 3. The van der Waals surface area contributed by atoms with E-state index in [0.29, 0.717) is 64.3 Å². The third kappa shape index (κ3) is 33.4. The molecule has 0 saturated carbocycles. The van der Waals surface area contributed by atoms with Crippen molar-refractivity contribution in [1.82, 2.24) is 31.5 Å². The minimum atomic E-state index is -1.36. The van der Waals surface area contributed by atoms with Gasteiger partial charge in [0.25, 0.3) is 0 Å². The highest BCUT2D eigenvalue weighted by Crippen LogP contribution is 2.49. The van der Waals surface area contributed by atoms with Gasteiger partial charge in [-0.3, -0.25) is 71.9 Å². The summed E-state index contributed by atoms with van der Waals surface area (Å²) in [7, 11) is 0. The normalized spacial score (nSPS) is 22.6. The molecule has 0 bridgehead atoms. The Morgan fingerprint density at radius 3 is 0.934 bits per heavy atom. The van der Waals surface area contributed by atoms with E-state index in [1.54, 1.807) is 4.90 Å². The molecule has 36 heteroatoms. The van der Waals surface area contributed by atoms with E-state index in [4.69, 9.17) is 71.1 Å². The Hall–Kier alpha value is -10.5. The predicted octanol–water partition coefficient (Wildman–Crippen LogP) is 5.18. The van der Waals surface area contributed by atoms with E-state index in [9.17, 15) is 71.9 Å². The van der Waals surface area contributed by atoms with Crippen molar-refractivity contribution < 1.29 is 143 Å². The molecule has 3 aromatic carbocycles. The lowest BCUT2D eigenvalue weighted by Crippen LogP contribution is -2.66. The molecule has 16 atom stereocenters. The van der Waals surface area contributed by atoms with Gasteiger partial charge in [0.1, 0.15) is 56.3 Å². The smallest absolute Gasteiger partial charge is 0.303 e. The van der Waals surface area contributed by atoms with Gasteiger partial charge in [0, 0.05) is 154 Å². The average molecular weight is 1720 g/mol. The number of amides is 6. The molecule has 3 heterocycles. The molecule has 3 saturated heterocycles. The first-order valence-electron chi connectivity index (χ1n) is 41.2. The van der Waals surface area contributed by atoms with E-state index in [1.807, 2.05) is 54.6 Å². The molecule has 0 aromatic heterocycles.